The molecule has 1 atom stereocenters. The molecule has 0 aliphatic rings. The molecule has 0 radical (unpaired) electrons. The summed E-state index contributed by atoms with van der Waals surface area (Å²) in [6, 6.07) is 0. The summed E-state index contributed by atoms with van der Waals surface area (Å²) in [4.78, 5) is 12.1. The molecule has 0 saturated carbocycles. The van der Waals surface area contributed by atoms with Crippen LogP contribution in [0.25, 0.3) is 0 Å². The molecule has 216 valence electrons. The number of hydrogen-bond donors (Lipinski definition) is 2. The average molecular weight is 512 g/mol. The maximum absolute atomic E-state index is 12.1. The normalized spacial score (nSPS) is 12.2. The van der Waals surface area contributed by atoms with Crippen LogP contribution in [0.5, 0.6) is 0 Å². The molecule has 0 aliphatic carbocycles. The van der Waals surface area contributed by atoms with Crippen LogP contribution in [0.4, 0.5) is 0 Å². The number of unbranched alkanes of at least 4 members (excludes halogenated alkanes) is 22. The molecule has 0 aromatic carbocycles. The molecule has 1 amide bonds. The predicted molar refractivity (Wildman–Crippen MR) is 157 cm³/mol. The zero-order valence-corrected chi connectivity index (χ0v) is 24.6. The number of aliphatic hydroxyl groups is 1. The quantitative estimate of drug-likeness (QED) is 0.0944. The lowest BCUT2D eigenvalue weighted by Crippen LogP contribution is -2.35. The van der Waals surface area contributed by atoms with Crippen molar-refractivity contribution in [3.8, 4) is 0 Å². The Bertz CT molecular complexity index is 430. The monoisotopic (exact) mass is 511 g/mol. The first-order valence-electron chi connectivity index (χ1n) is 16.2. The maximum Gasteiger partial charge on any atom is 0.220 e. The lowest BCUT2D eigenvalue weighted by atomic mass is 10.0. The van der Waals surface area contributed by atoms with Gasteiger partial charge in [-0.05, 0) is 12.8 Å². The minimum Gasteiger partial charge on any atom is -0.394 e. The molecular formula is C32H65NO3. The fourth-order valence-corrected chi connectivity index (χ4v) is 4.81. The summed E-state index contributed by atoms with van der Waals surface area (Å²) in [5.74, 6) is 0.0916. The van der Waals surface area contributed by atoms with Crippen molar-refractivity contribution in [2.24, 2.45) is 0 Å². The van der Waals surface area contributed by atoms with Crippen LogP contribution in [0.1, 0.15) is 174 Å². The number of carbonyl (C=O) groups is 1. The molecule has 2 N–H and O–H groups in total. The summed E-state index contributed by atoms with van der Waals surface area (Å²) >= 11 is 0. The molecule has 0 rings (SSSR count). The smallest absolute Gasteiger partial charge is 0.220 e. The topological polar surface area (TPSA) is 58.6 Å². The van der Waals surface area contributed by atoms with Gasteiger partial charge in [0.15, 0.2) is 0 Å². The fraction of sp³-hybridized carbons (Fsp3) is 0.969. The van der Waals surface area contributed by atoms with Crippen LogP contribution in [0.3, 0.4) is 0 Å². The van der Waals surface area contributed by atoms with Gasteiger partial charge in [-0.1, -0.05) is 155 Å². The second-order valence-corrected chi connectivity index (χ2v) is 11.0. The van der Waals surface area contributed by atoms with Crippen molar-refractivity contribution in [2.75, 3.05) is 19.8 Å². The fourth-order valence-electron chi connectivity index (χ4n) is 4.81. The molecule has 0 aliphatic heterocycles. The Kier molecular flexibility index (Phi) is 30.1. The van der Waals surface area contributed by atoms with Crippen LogP contribution < -0.4 is 5.32 Å². The van der Waals surface area contributed by atoms with Gasteiger partial charge in [0.05, 0.1) is 12.7 Å². The molecule has 1 unspecified atom stereocenters. The molecule has 0 heterocycles. The van der Waals surface area contributed by atoms with Crippen LogP contribution in [0, 0.1) is 0 Å². The third-order valence-electron chi connectivity index (χ3n) is 7.34. The van der Waals surface area contributed by atoms with Gasteiger partial charge in [0.1, 0.15) is 0 Å². The number of hydrogen-bond acceptors (Lipinski definition) is 3. The number of aliphatic hydroxyl groups excluding tert-OH is 1. The van der Waals surface area contributed by atoms with E-state index in [1.54, 1.807) is 0 Å². The minimum atomic E-state index is -0.274. The third kappa shape index (κ3) is 28.0. The number of carbonyl (C=O) groups excluding carboxylic acids is 1. The van der Waals surface area contributed by atoms with E-state index in [-0.39, 0.29) is 18.6 Å². The van der Waals surface area contributed by atoms with Crippen molar-refractivity contribution in [1.82, 2.24) is 5.32 Å². The Balaban J connectivity index is 3.35. The zero-order valence-electron chi connectivity index (χ0n) is 24.6. The summed E-state index contributed by atoms with van der Waals surface area (Å²) in [6.07, 6.45) is 32.1. The molecule has 0 spiro atoms. The summed E-state index contributed by atoms with van der Waals surface area (Å²) in [5.41, 5.74) is 0. The minimum absolute atomic E-state index is 0.0318. The zero-order chi connectivity index (χ0) is 26.4. The van der Waals surface area contributed by atoms with Gasteiger partial charge in [0, 0.05) is 19.6 Å². The van der Waals surface area contributed by atoms with Crippen molar-refractivity contribution in [1.29, 1.82) is 0 Å². The number of amides is 1. The molecule has 0 aromatic rings. The van der Waals surface area contributed by atoms with Gasteiger partial charge in [-0.3, -0.25) is 4.79 Å². The highest BCUT2D eigenvalue weighted by atomic mass is 16.5. The van der Waals surface area contributed by atoms with E-state index in [1.165, 1.54) is 135 Å². The van der Waals surface area contributed by atoms with Crippen molar-refractivity contribution < 1.29 is 14.6 Å². The largest absolute Gasteiger partial charge is 0.394 e. The highest BCUT2D eigenvalue weighted by Gasteiger charge is 2.09. The first-order valence-corrected chi connectivity index (χ1v) is 16.2. The maximum atomic E-state index is 12.1. The van der Waals surface area contributed by atoms with Crippen LogP contribution in [-0.2, 0) is 9.53 Å². The van der Waals surface area contributed by atoms with E-state index in [2.05, 4.69) is 19.2 Å². The lowest BCUT2D eigenvalue weighted by molar-refractivity contribution is -0.122. The van der Waals surface area contributed by atoms with E-state index in [4.69, 9.17) is 4.74 Å². The van der Waals surface area contributed by atoms with Gasteiger partial charge in [0.25, 0.3) is 0 Å². The van der Waals surface area contributed by atoms with Crippen molar-refractivity contribution in [3.05, 3.63) is 0 Å². The van der Waals surface area contributed by atoms with Gasteiger partial charge in [-0.25, -0.2) is 0 Å². The van der Waals surface area contributed by atoms with Gasteiger partial charge in [-0.15, -0.1) is 0 Å². The van der Waals surface area contributed by atoms with Gasteiger partial charge < -0.3 is 15.2 Å². The van der Waals surface area contributed by atoms with Crippen molar-refractivity contribution in [2.45, 2.75) is 180 Å². The molecule has 0 saturated heterocycles. The Labute approximate surface area is 226 Å². The Morgan fingerprint density at radius 1 is 0.583 bits per heavy atom. The van der Waals surface area contributed by atoms with E-state index < -0.39 is 0 Å². The average Bonchev–Trinajstić information content (AvgIpc) is 2.89. The van der Waals surface area contributed by atoms with Crippen LogP contribution in [0.2, 0.25) is 0 Å². The Morgan fingerprint density at radius 2 is 0.944 bits per heavy atom. The van der Waals surface area contributed by atoms with E-state index in [1.807, 2.05) is 0 Å². The Hall–Kier alpha value is -0.610. The number of rotatable bonds is 30. The van der Waals surface area contributed by atoms with Crippen LogP contribution in [0.15, 0.2) is 0 Å². The summed E-state index contributed by atoms with van der Waals surface area (Å²) < 4.78 is 5.74. The molecule has 36 heavy (non-hydrogen) atoms. The summed E-state index contributed by atoms with van der Waals surface area (Å²) in [7, 11) is 0. The highest BCUT2D eigenvalue weighted by Crippen LogP contribution is 2.14. The van der Waals surface area contributed by atoms with Gasteiger partial charge in [-0.2, -0.15) is 0 Å². The molecule has 0 bridgehead atoms. The lowest BCUT2D eigenvalue weighted by Gasteiger charge is -2.16. The van der Waals surface area contributed by atoms with Crippen molar-refractivity contribution >= 4 is 5.91 Å². The van der Waals surface area contributed by atoms with Crippen LogP contribution in [-0.4, -0.2) is 36.9 Å². The SMILES string of the molecule is CCCCCCCCCCCCCCCCCCCC(=O)NCC(CO)OCCCCCCCCC. The second-order valence-electron chi connectivity index (χ2n) is 11.0. The highest BCUT2D eigenvalue weighted by molar-refractivity contribution is 5.75. The van der Waals surface area contributed by atoms with E-state index in [9.17, 15) is 9.90 Å². The summed E-state index contributed by atoms with van der Waals surface area (Å²) in [6.45, 7) is 5.59. The number of nitrogens with one attached hydrogen (secondary N) is 1. The molecule has 0 fully saturated rings. The van der Waals surface area contributed by atoms with E-state index >= 15 is 0 Å². The third-order valence-corrected chi connectivity index (χ3v) is 7.34. The van der Waals surface area contributed by atoms with E-state index in [0.717, 1.165) is 19.3 Å². The summed E-state index contributed by atoms with van der Waals surface area (Å²) in [5, 5.41) is 12.4. The second kappa shape index (κ2) is 30.6. The molecule has 4 nitrogen and oxygen atoms in total. The predicted octanol–water partition coefficient (Wildman–Crippen LogP) is 9.27. The molecule has 4 heteroatoms. The number of ether oxygens (including phenoxy) is 1. The van der Waals surface area contributed by atoms with E-state index in [0.29, 0.717) is 19.6 Å². The van der Waals surface area contributed by atoms with Crippen molar-refractivity contribution in [3.63, 3.8) is 0 Å². The molecular weight excluding hydrogens is 446 g/mol. The van der Waals surface area contributed by atoms with Gasteiger partial charge in [0.2, 0.25) is 5.91 Å². The van der Waals surface area contributed by atoms with Gasteiger partial charge >= 0.3 is 0 Å². The standard InChI is InChI=1S/C32H65NO3/c1-3-5-7-9-11-12-13-14-15-16-17-18-19-20-21-23-25-27-32(35)33-29-31(30-34)36-28-26-24-22-10-8-6-4-2/h31,34H,3-30H2,1-2H3,(H,33,35). The first-order chi connectivity index (χ1) is 17.7. The van der Waals surface area contributed by atoms with Crippen LogP contribution >= 0.6 is 0 Å². The molecule has 0 aromatic heterocycles. The first kappa shape index (κ1) is 35.4. The Morgan fingerprint density at radius 3 is 1.33 bits per heavy atom.